The van der Waals surface area contributed by atoms with Crippen molar-refractivity contribution in [1.82, 2.24) is 4.98 Å². The van der Waals surface area contributed by atoms with E-state index in [1.165, 1.54) is 17.4 Å². The summed E-state index contributed by atoms with van der Waals surface area (Å²) < 4.78 is 42.6. The molecule has 3 nitrogen and oxygen atoms in total. The van der Waals surface area contributed by atoms with Crippen LogP contribution in [0.2, 0.25) is 4.47 Å². The molecule has 0 amide bonds. The first kappa shape index (κ1) is 16.4. The monoisotopic (exact) mass is 400 g/mol. The minimum atomic E-state index is -4.38. The predicted molar refractivity (Wildman–Crippen MR) is 80.1 cm³/mol. The largest absolute Gasteiger partial charge is 0.482 e. The minimum absolute atomic E-state index is 0.123. The fourth-order valence-corrected chi connectivity index (χ4v) is 2.90. The number of para-hydroxylation sites is 1. The number of thiazole rings is 1. The molecule has 0 aliphatic heterocycles. The molecule has 0 unspecified atom stereocenters. The summed E-state index contributed by atoms with van der Waals surface area (Å²) in [7, 11) is 0. The first-order valence-corrected chi connectivity index (χ1v) is 7.66. The zero-order chi connectivity index (χ0) is 15.5. The Kier molecular flexibility index (Phi) is 5.34. The average molecular weight is 402 g/mol. The van der Waals surface area contributed by atoms with Crippen LogP contribution in [0.4, 0.5) is 18.9 Å². The molecule has 21 heavy (non-hydrogen) atoms. The summed E-state index contributed by atoms with van der Waals surface area (Å²) in [5, 5.41) is 3.02. The highest BCUT2D eigenvalue weighted by molar-refractivity contribution is 9.10. The molecule has 1 N–H and O–H groups in total. The number of aromatic nitrogens is 1. The van der Waals surface area contributed by atoms with Crippen LogP contribution in [0.15, 0.2) is 28.9 Å². The van der Waals surface area contributed by atoms with E-state index in [2.05, 4.69) is 26.2 Å². The number of anilines is 1. The van der Waals surface area contributed by atoms with Crippen molar-refractivity contribution in [3.8, 4) is 5.75 Å². The van der Waals surface area contributed by atoms with Gasteiger partial charge in [0.05, 0.1) is 12.2 Å². The predicted octanol–water partition coefficient (Wildman–Crippen LogP) is 5.11. The molecular formula is C12H9BrClF3N2OS. The second-order valence-electron chi connectivity index (χ2n) is 3.95. The average Bonchev–Trinajstić information content (AvgIpc) is 2.80. The lowest BCUT2D eigenvalue weighted by molar-refractivity contribution is -0.153. The van der Waals surface area contributed by atoms with Crippen molar-refractivity contribution in [2.24, 2.45) is 0 Å². The Hall–Kier alpha value is -0.990. The fraction of sp³-hybridized carbons (Fsp3) is 0.250. The van der Waals surface area contributed by atoms with Crippen LogP contribution in [0.5, 0.6) is 5.75 Å². The SMILES string of the molecule is FC(F)(F)COc1cccc(Br)c1NCc1cnc(Cl)s1. The van der Waals surface area contributed by atoms with Crippen LogP contribution < -0.4 is 10.1 Å². The molecular weight excluding hydrogens is 393 g/mol. The van der Waals surface area contributed by atoms with Gasteiger partial charge in [0.1, 0.15) is 5.75 Å². The van der Waals surface area contributed by atoms with Crippen LogP contribution in [0, 0.1) is 0 Å². The summed E-state index contributed by atoms with van der Waals surface area (Å²) in [5.41, 5.74) is 0.450. The van der Waals surface area contributed by atoms with Gasteiger partial charge in [-0.1, -0.05) is 17.7 Å². The number of nitrogens with zero attached hydrogens (tertiary/aromatic N) is 1. The smallest absolute Gasteiger partial charge is 0.422 e. The summed E-state index contributed by atoms with van der Waals surface area (Å²) in [6, 6.07) is 4.78. The van der Waals surface area contributed by atoms with Gasteiger partial charge < -0.3 is 10.1 Å². The van der Waals surface area contributed by atoms with Crippen molar-refractivity contribution in [2.75, 3.05) is 11.9 Å². The van der Waals surface area contributed by atoms with Crippen LogP contribution in [0.1, 0.15) is 4.88 Å². The molecule has 0 fully saturated rings. The highest BCUT2D eigenvalue weighted by Gasteiger charge is 2.29. The summed E-state index contributed by atoms with van der Waals surface area (Å²) in [6.07, 6.45) is -2.78. The topological polar surface area (TPSA) is 34.1 Å². The Morgan fingerprint density at radius 3 is 2.76 bits per heavy atom. The maximum absolute atomic E-state index is 12.2. The molecule has 2 aromatic rings. The lowest BCUT2D eigenvalue weighted by Gasteiger charge is -2.15. The van der Waals surface area contributed by atoms with Crippen molar-refractivity contribution in [3.05, 3.63) is 38.2 Å². The van der Waals surface area contributed by atoms with Gasteiger partial charge >= 0.3 is 6.18 Å². The third kappa shape index (κ3) is 5.05. The van der Waals surface area contributed by atoms with Gasteiger partial charge in [0.2, 0.25) is 0 Å². The van der Waals surface area contributed by atoms with Crippen molar-refractivity contribution in [3.63, 3.8) is 0 Å². The Balaban J connectivity index is 2.10. The van der Waals surface area contributed by atoms with E-state index in [-0.39, 0.29) is 5.75 Å². The normalized spacial score (nSPS) is 11.5. The van der Waals surface area contributed by atoms with E-state index < -0.39 is 12.8 Å². The molecule has 1 aromatic carbocycles. The number of hydrogen-bond acceptors (Lipinski definition) is 4. The van der Waals surface area contributed by atoms with E-state index in [4.69, 9.17) is 16.3 Å². The highest BCUT2D eigenvalue weighted by Crippen LogP contribution is 2.34. The summed E-state index contributed by atoms with van der Waals surface area (Å²) in [4.78, 5) is 4.75. The van der Waals surface area contributed by atoms with E-state index >= 15 is 0 Å². The molecule has 0 radical (unpaired) electrons. The summed E-state index contributed by atoms with van der Waals surface area (Å²) in [6.45, 7) is -0.958. The van der Waals surface area contributed by atoms with Crippen LogP contribution in [0.25, 0.3) is 0 Å². The van der Waals surface area contributed by atoms with Crippen molar-refractivity contribution < 1.29 is 17.9 Å². The maximum atomic E-state index is 12.2. The van der Waals surface area contributed by atoms with Gasteiger partial charge in [-0.25, -0.2) is 4.98 Å². The lowest BCUT2D eigenvalue weighted by atomic mass is 10.3. The second kappa shape index (κ2) is 6.85. The first-order chi connectivity index (χ1) is 9.85. The zero-order valence-corrected chi connectivity index (χ0v) is 13.5. The number of nitrogens with one attached hydrogen (secondary N) is 1. The van der Waals surface area contributed by atoms with Crippen molar-refractivity contribution in [1.29, 1.82) is 0 Å². The Morgan fingerprint density at radius 1 is 1.38 bits per heavy atom. The third-order valence-electron chi connectivity index (χ3n) is 2.33. The van der Waals surface area contributed by atoms with Gasteiger partial charge in [-0.2, -0.15) is 13.2 Å². The standard InChI is InChI=1S/C12H9BrClF3N2OS/c13-8-2-1-3-9(20-6-12(15,16)17)10(8)18-4-7-5-19-11(14)21-7/h1-3,5,18H,4,6H2. The number of rotatable bonds is 5. The van der Waals surface area contributed by atoms with E-state index in [9.17, 15) is 13.2 Å². The minimum Gasteiger partial charge on any atom is -0.482 e. The molecule has 0 atom stereocenters. The Labute approximate surface area is 136 Å². The molecule has 1 heterocycles. The molecule has 9 heteroatoms. The van der Waals surface area contributed by atoms with Crippen LogP contribution in [-0.2, 0) is 6.54 Å². The number of alkyl halides is 3. The molecule has 0 saturated heterocycles. The van der Waals surface area contributed by atoms with Gasteiger partial charge in [-0.05, 0) is 28.1 Å². The Bertz CT molecular complexity index is 621. The van der Waals surface area contributed by atoms with Gasteiger partial charge in [0.25, 0.3) is 0 Å². The molecule has 114 valence electrons. The molecule has 0 spiro atoms. The maximum Gasteiger partial charge on any atom is 0.422 e. The van der Waals surface area contributed by atoms with Gasteiger partial charge in [0.15, 0.2) is 11.1 Å². The zero-order valence-electron chi connectivity index (χ0n) is 10.4. The Morgan fingerprint density at radius 2 is 2.14 bits per heavy atom. The lowest BCUT2D eigenvalue weighted by Crippen LogP contribution is -2.19. The summed E-state index contributed by atoms with van der Waals surface area (Å²) >= 11 is 10.3. The van der Waals surface area contributed by atoms with E-state index in [0.717, 1.165) is 4.88 Å². The van der Waals surface area contributed by atoms with Gasteiger partial charge in [-0.15, -0.1) is 11.3 Å². The van der Waals surface area contributed by atoms with E-state index in [0.29, 0.717) is 21.2 Å². The van der Waals surface area contributed by atoms with Gasteiger partial charge in [0, 0.05) is 15.5 Å². The first-order valence-electron chi connectivity index (χ1n) is 5.67. The number of halogens is 5. The number of hydrogen-bond donors (Lipinski definition) is 1. The number of benzene rings is 1. The quantitative estimate of drug-likeness (QED) is 0.756. The summed E-state index contributed by atoms with van der Waals surface area (Å²) in [5.74, 6) is 0.123. The molecule has 2 rings (SSSR count). The molecule has 0 aliphatic carbocycles. The molecule has 0 bridgehead atoms. The fourth-order valence-electron chi connectivity index (χ4n) is 1.50. The molecule has 0 aliphatic rings. The van der Waals surface area contributed by atoms with Crippen molar-refractivity contribution >= 4 is 44.6 Å². The van der Waals surface area contributed by atoms with E-state index in [1.54, 1.807) is 18.3 Å². The highest BCUT2D eigenvalue weighted by atomic mass is 79.9. The third-order valence-corrected chi connectivity index (χ3v) is 4.11. The van der Waals surface area contributed by atoms with Crippen LogP contribution >= 0.6 is 38.9 Å². The van der Waals surface area contributed by atoms with E-state index in [1.807, 2.05) is 0 Å². The van der Waals surface area contributed by atoms with Crippen molar-refractivity contribution in [2.45, 2.75) is 12.7 Å². The molecule has 1 aromatic heterocycles. The van der Waals surface area contributed by atoms with Crippen LogP contribution in [0.3, 0.4) is 0 Å². The van der Waals surface area contributed by atoms with Crippen LogP contribution in [-0.4, -0.2) is 17.8 Å². The second-order valence-corrected chi connectivity index (χ2v) is 6.50. The number of ether oxygens (including phenoxy) is 1. The van der Waals surface area contributed by atoms with Gasteiger partial charge in [-0.3, -0.25) is 0 Å². The molecule has 0 saturated carbocycles.